The second-order valence-corrected chi connectivity index (χ2v) is 4.52. The van der Waals surface area contributed by atoms with E-state index in [0.29, 0.717) is 0 Å². The molecule has 0 N–H and O–H groups in total. The number of hydrogen-bond donors (Lipinski definition) is 0. The zero-order valence-electron chi connectivity index (χ0n) is 10.7. The standard InChI is InChI=1S/C15H22O/c1-4-5-6-7-8-14-9-10-15(13(3)16)12(2)11-14/h9-11H,4-8H2,1-3H3. The lowest BCUT2D eigenvalue weighted by Crippen LogP contribution is -1.97. The van der Waals surface area contributed by atoms with E-state index in [-0.39, 0.29) is 5.78 Å². The Kier molecular flexibility index (Phi) is 5.24. The Bertz CT molecular complexity index is 352. The molecule has 1 nitrogen and oxygen atoms in total. The van der Waals surface area contributed by atoms with Gasteiger partial charge in [-0.1, -0.05) is 44.4 Å². The number of rotatable bonds is 6. The van der Waals surface area contributed by atoms with Gasteiger partial charge in [-0.25, -0.2) is 0 Å². The van der Waals surface area contributed by atoms with E-state index in [4.69, 9.17) is 0 Å². The fourth-order valence-electron chi connectivity index (χ4n) is 2.03. The second-order valence-electron chi connectivity index (χ2n) is 4.52. The van der Waals surface area contributed by atoms with E-state index in [0.717, 1.165) is 17.5 Å². The third-order valence-corrected chi connectivity index (χ3v) is 2.99. The molecule has 1 heteroatoms. The molecule has 16 heavy (non-hydrogen) atoms. The largest absolute Gasteiger partial charge is 0.295 e. The van der Waals surface area contributed by atoms with Crippen molar-refractivity contribution < 1.29 is 4.79 Å². The molecule has 0 heterocycles. The molecule has 88 valence electrons. The number of carbonyl (C=O) groups excluding carboxylic acids is 1. The smallest absolute Gasteiger partial charge is 0.160 e. The maximum Gasteiger partial charge on any atom is 0.160 e. The second kappa shape index (κ2) is 6.47. The minimum atomic E-state index is 0.162. The summed E-state index contributed by atoms with van der Waals surface area (Å²) in [4.78, 5) is 11.3. The van der Waals surface area contributed by atoms with Gasteiger partial charge in [0.1, 0.15) is 0 Å². The molecule has 0 atom stereocenters. The normalized spacial score (nSPS) is 10.4. The average Bonchev–Trinajstić information content (AvgIpc) is 2.24. The van der Waals surface area contributed by atoms with Crippen molar-refractivity contribution in [3.8, 4) is 0 Å². The average molecular weight is 218 g/mol. The van der Waals surface area contributed by atoms with Crippen molar-refractivity contribution in [3.63, 3.8) is 0 Å². The van der Waals surface area contributed by atoms with Crippen LogP contribution in [0.15, 0.2) is 18.2 Å². The van der Waals surface area contributed by atoms with Crippen molar-refractivity contribution in [2.45, 2.75) is 52.9 Å². The van der Waals surface area contributed by atoms with Crippen molar-refractivity contribution >= 4 is 5.78 Å². The molecule has 0 unspecified atom stereocenters. The Morgan fingerprint density at radius 1 is 1.19 bits per heavy atom. The highest BCUT2D eigenvalue weighted by Crippen LogP contribution is 2.14. The van der Waals surface area contributed by atoms with Crippen LogP contribution in [0.1, 0.15) is 61.0 Å². The molecule has 0 fully saturated rings. The van der Waals surface area contributed by atoms with Crippen molar-refractivity contribution in [3.05, 3.63) is 34.9 Å². The fraction of sp³-hybridized carbons (Fsp3) is 0.533. The predicted molar refractivity (Wildman–Crippen MR) is 69.0 cm³/mol. The molecule has 1 rings (SSSR count). The molecule has 0 saturated heterocycles. The van der Waals surface area contributed by atoms with E-state index in [9.17, 15) is 4.79 Å². The van der Waals surface area contributed by atoms with Crippen LogP contribution in [0.25, 0.3) is 0 Å². The Hall–Kier alpha value is -1.11. The Morgan fingerprint density at radius 3 is 2.50 bits per heavy atom. The molecular formula is C15H22O. The summed E-state index contributed by atoms with van der Waals surface area (Å²) < 4.78 is 0. The zero-order valence-corrected chi connectivity index (χ0v) is 10.7. The topological polar surface area (TPSA) is 17.1 Å². The highest BCUT2D eigenvalue weighted by atomic mass is 16.1. The predicted octanol–water partition coefficient (Wildman–Crippen LogP) is 4.32. The van der Waals surface area contributed by atoms with Crippen LogP contribution in [0.3, 0.4) is 0 Å². The summed E-state index contributed by atoms with van der Waals surface area (Å²) in [6.45, 7) is 5.88. The summed E-state index contributed by atoms with van der Waals surface area (Å²) in [5, 5.41) is 0. The zero-order chi connectivity index (χ0) is 12.0. The van der Waals surface area contributed by atoms with Gasteiger partial charge in [-0.2, -0.15) is 0 Å². The first-order valence-electron chi connectivity index (χ1n) is 6.25. The maximum absolute atomic E-state index is 11.3. The molecule has 0 aromatic heterocycles. The number of ketones is 1. The van der Waals surface area contributed by atoms with Crippen molar-refractivity contribution in [1.29, 1.82) is 0 Å². The maximum atomic E-state index is 11.3. The lowest BCUT2D eigenvalue weighted by molar-refractivity contribution is 0.101. The van der Waals surface area contributed by atoms with Crippen LogP contribution in [-0.2, 0) is 6.42 Å². The first kappa shape index (κ1) is 13.0. The van der Waals surface area contributed by atoms with Gasteiger partial charge < -0.3 is 0 Å². The molecule has 0 spiro atoms. The van der Waals surface area contributed by atoms with E-state index < -0.39 is 0 Å². The van der Waals surface area contributed by atoms with Crippen molar-refractivity contribution in [2.24, 2.45) is 0 Å². The summed E-state index contributed by atoms with van der Waals surface area (Å²) >= 11 is 0. The van der Waals surface area contributed by atoms with Gasteiger partial charge in [-0.05, 0) is 37.8 Å². The van der Waals surface area contributed by atoms with Gasteiger partial charge in [0.2, 0.25) is 0 Å². The van der Waals surface area contributed by atoms with E-state index >= 15 is 0 Å². The van der Waals surface area contributed by atoms with Crippen LogP contribution in [0.2, 0.25) is 0 Å². The van der Waals surface area contributed by atoms with Crippen LogP contribution in [0.5, 0.6) is 0 Å². The Morgan fingerprint density at radius 2 is 1.94 bits per heavy atom. The number of unbranched alkanes of at least 4 members (excludes halogenated alkanes) is 3. The number of Topliss-reactive ketones (excluding diaryl/α,β-unsaturated/α-hetero) is 1. The van der Waals surface area contributed by atoms with Gasteiger partial charge >= 0.3 is 0 Å². The first-order chi connectivity index (χ1) is 7.65. The monoisotopic (exact) mass is 218 g/mol. The van der Waals surface area contributed by atoms with Gasteiger partial charge in [0.15, 0.2) is 5.78 Å². The van der Waals surface area contributed by atoms with Crippen molar-refractivity contribution in [1.82, 2.24) is 0 Å². The fourth-order valence-corrected chi connectivity index (χ4v) is 2.03. The first-order valence-corrected chi connectivity index (χ1v) is 6.25. The third-order valence-electron chi connectivity index (χ3n) is 2.99. The van der Waals surface area contributed by atoms with Gasteiger partial charge in [0.05, 0.1) is 0 Å². The lowest BCUT2D eigenvalue weighted by atomic mass is 9.99. The molecule has 0 bridgehead atoms. The van der Waals surface area contributed by atoms with Crippen LogP contribution >= 0.6 is 0 Å². The summed E-state index contributed by atoms with van der Waals surface area (Å²) in [6, 6.07) is 6.21. The molecule has 0 amide bonds. The summed E-state index contributed by atoms with van der Waals surface area (Å²) in [5.74, 6) is 0.162. The van der Waals surface area contributed by atoms with Crippen LogP contribution in [0, 0.1) is 6.92 Å². The molecule has 0 aliphatic heterocycles. The van der Waals surface area contributed by atoms with Gasteiger partial charge in [0.25, 0.3) is 0 Å². The highest BCUT2D eigenvalue weighted by Gasteiger charge is 2.04. The Balaban J connectivity index is 2.56. The summed E-state index contributed by atoms with van der Waals surface area (Å²) in [7, 11) is 0. The molecule has 0 aliphatic rings. The van der Waals surface area contributed by atoms with Crippen LogP contribution in [0.4, 0.5) is 0 Å². The Labute approximate surface area is 98.9 Å². The van der Waals surface area contributed by atoms with E-state index in [1.54, 1.807) is 6.92 Å². The molecule has 0 radical (unpaired) electrons. The molecule has 1 aromatic carbocycles. The number of hydrogen-bond acceptors (Lipinski definition) is 1. The van der Waals surface area contributed by atoms with Crippen molar-refractivity contribution in [2.75, 3.05) is 0 Å². The number of carbonyl (C=O) groups is 1. The van der Waals surface area contributed by atoms with Gasteiger partial charge in [-0.15, -0.1) is 0 Å². The molecule has 0 saturated carbocycles. The van der Waals surface area contributed by atoms with E-state index in [2.05, 4.69) is 19.1 Å². The minimum absolute atomic E-state index is 0.162. The van der Waals surface area contributed by atoms with Gasteiger partial charge in [-0.3, -0.25) is 4.79 Å². The highest BCUT2D eigenvalue weighted by molar-refractivity contribution is 5.95. The minimum Gasteiger partial charge on any atom is -0.295 e. The molecular weight excluding hydrogens is 196 g/mol. The number of benzene rings is 1. The number of aryl methyl sites for hydroxylation is 2. The quantitative estimate of drug-likeness (QED) is 0.513. The summed E-state index contributed by atoms with van der Waals surface area (Å²) in [6.07, 6.45) is 6.31. The lowest BCUT2D eigenvalue weighted by Gasteiger charge is -2.06. The van der Waals surface area contributed by atoms with E-state index in [1.807, 2.05) is 13.0 Å². The third kappa shape index (κ3) is 3.80. The van der Waals surface area contributed by atoms with Crippen LogP contribution in [-0.4, -0.2) is 5.78 Å². The SMILES string of the molecule is CCCCCCc1ccc(C(C)=O)c(C)c1. The van der Waals surface area contributed by atoms with Gasteiger partial charge in [0, 0.05) is 5.56 Å². The molecule has 0 aliphatic carbocycles. The van der Waals surface area contributed by atoms with E-state index in [1.165, 1.54) is 31.2 Å². The summed E-state index contributed by atoms with van der Waals surface area (Å²) in [5.41, 5.74) is 3.33. The molecule has 1 aromatic rings. The van der Waals surface area contributed by atoms with Crippen LogP contribution < -0.4 is 0 Å².